The highest BCUT2D eigenvalue weighted by Crippen LogP contribution is 2.25. The Morgan fingerprint density at radius 1 is 1.40 bits per heavy atom. The topological polar surface area (TPSA) is 49.8 Å². The van der Waals surface area contributed by atoms with Gasteiger partial charge in [-0.2, -0.15) is 5.26 Å². The van der Waals surface area contributed by atoms with Gasteiger partial charge in [0.25, 0.3) is 0 Å². The summed E-state index contributed by atoms with van der Waals surface area (Å²) >= 11 is 1.74. The van der Waals surface area contributed by atoms with Gasteiger partial charge in [0.1, 0.15) is 6.07 Å². The number of rotatable bonds is 5. The highest BCUT2D eigenvalue weighted by molar-refractivity contribution is 7.99. The number of nitriles is 1. The van der Waals surface area contributed by atoms with Crippen LogP contribution < -0.4 is 5.73 Å². The molecule has 0 spiro atoms. The molecule has 0 bridgehead atoms. The number of hydrogen-bond donors (Lipinski definition) is 1. The molecule has 0 radical (unpaired) electrons. The lowest BCUT2D eigenvalue weighted by atomic mass is 10.2. The van der Waals surface area contributed by atoms with Crippen molar-refractivity contribution in [3.05, 3.63) is 23.8 Å². The lowest BCUT2D eigenvalue weighted by molar-refractivity contribution is 0.778. The van der Waals surface area contributed by atoms with Gasteiger partial charge in [0.15, 0.2) is 0 Å². The molecule has 15 heavy (non-hydrogen) atoms. The van der Waals surface area contributed by atoms with Gasteiger partial charge in [-0.25, -0.2) is 0 Å². The predicted octanol–water partition coefficient (Wildman–Crippen LogP) is 3.42. The summed E-state index contributed by atoms with van der Waals surface area (Å²) < 4.78 is 0. The fourth-order valence-corrected chi connectivity index (χ4v) is 2.29. The van der Waals surface area contributed by atoms with Crippen LogP contribution in [0.5, 0.6) is 0 Å². The van der Waals surface area contributed by atoms with E-state index in [1.165, 1.54) is 19.3 Å². The van der Waals surface area contributed by atoms with Crippen LogP contribution in [0.1, 0.15) is 31.7 Å². The van der Waals surface area contributed by atoms with Gasteiger partial charge in [-0.05, 0) is 30.4 Å². The summed E-state index contributed by atoms with van der Waals surface area (Å²) in [6, 6.07) is 7.70. The SMILES string of the molecule is CCCCCSc1ccc(N)cc1C#N. The summed E-state index contributed by atoms with van der Waals surface area (Å²) in [5, 5.41) is 8.93. The fourth-order valence-electron chi connectivity index (χ4n) is 1.30. The van der Waals surface area contributed by atoms with E-state index in [9.17, 15) is 0 Å². The zero-order valence-electron chi connectivity index (χ0n) is 8.99. The number of benzene rings is 1. The Hall–Kier alpha value is -1.14. The molecule has 3 heteroatoms. The van der Waals surface area contributed by atoms with Gasteiger partial charge in [0.2, 0.25) is 0 Å². The Balaban J connectivity index is 2.57. The Bertz CT molecular complexity index is 355. The van der Waals surface area contributed by atoms with Crippen LogP contribution in [0.4, 0.5) is 5.69 Å². The number of nitrogens with two attached hydrogens (primary N) is 1. The summed E-state index contributed by atoms with van der Waals surface area (Å²) in [6.45, 7) is 2.19. The second-order valence-corrected chi connectivity index (χ2v) is 4.56. The van der Waals surface area contributed by atoms with Crippen molar-refractivity contribution in [2.45, 2.75) is 31.1 Å². The van der Waals surface area contributed by atoms with Gasteiger partial charge in [0, 0.05) is 10.6 Å². The first-order valence-corrected chi connectivity index (χ1v) is 6.19. The van der Waals surface area contributed by atoms with Crippen molar-refractivity contribution in [3.63, 3.8) is 0 Å². The number of hydrogen-bond acceptors (Lipinski definition) is 3. The number of nitrogen functional groups attached to an aromatic ring is 1. The van der Waals surface area contributed by atoms with Crippen molar-refractivity contribution in [1.29, 1.82) is 5.26 Å². The molecule has 0 aliphatic heterocycles. The van der Waals surface area contributed by atoms with Crippen LogP contribution in [0.15, 0.2) is 23.1 Å². The van der Waals surface area contributed by atoms with Crippen molar-refractivity contribution in [1.82, 2.24) is 0 Å². The van der Waals surface area contributed by atoms with Crippen LogP contribution in [-0.2, 0) is 0 Å². The standard InChI is InChI=1S/C12H16N2S/c1-2-3-4-7-15-12-6-5-11(14)8-10(12)9-13/h5-6,8H,2-4,7,14H2,1H3. The molecule has 0 fully saturated rings. The molecule has 0 saturated carbocycles. The first kappa shape index (κ1) is 11.9. The minimum absolute atomic E-state index is 0.657. The maximum atomic E-state index is 8.93. The minimum atomic E-state index is 0.657. The Morgan fingerprint density at radius 3 is 2.87 bits per heavy atom. The third-order valence-electron chi connectivity index (χ3n) is 2.13. The summed E-state index contributed by atoms with van der Waals surface area (Å²) in [7, 11) is 0. The molecule has 0 aromatic heterocycles. The molecule has 1 rings (SSSR count). The lowest BCUT2D eigenvalue weighted by Crippen LogP contribution is -1.89. The lowest BCUT2D eigenvalue weighted by Gasteiger charge is -2.04. The largest absolute Gasteiger partial charge is 0.399 e. The van der Waals surface area contributed by atoms with E-state index in [2.05, 4.69) is 13.0 Å². The monoisotopic (exact) mass is 220 g/mol. The quantitative estimate of drug-likeness (QED) is 0.470. The fraction of sp³-hybridized carbons (Fsp3) is 0.417. The van der Waals surface area contributed by atoms with Crippen molar-refractivity contribution >= 4 is 17.4 Å². The number of thioether (sulfide) groups is 1. The normalized spacial score (nSPS) is 9.87. The van der Waals surface area contributed by atoms with E-state index in [-0.39, 0.29) is 0 Å². The van der Waals surface area contributed by atoms with E-state index in [1.54, 1.807) is 17.8 Å². The molecular weight excluding hydrogens is 204 g/mol. The number of anilines is 1. The molecule has 0 aliphatic carbocycles. The number of unbranched alkanes of at least 4 members (excludes halogenated alkanes) is 2. The van der Waals surface area contributed by atoms with Crippen LogP contribution >= 0.6 is 11.8 Å². The van der Waals surface area contributed by atoms with Crippen LogP contribution in [0, 0.1) is 11.3 Å². The van der Waals surface area contributed by atoms with Crippen molar-refractivity contribution in [2.24, 2.45) is 0 Å². The molecule has 0 saturated heterocycles. The van der Waals surface area contributed by atoms with Gasteiger partial charge in [-0.1, -0.05) is 19.8 Å². The van der Waals surface area contributed by atoms with E-state index in [4.69, 9.17) is 11.0 Å². The third kappa shape index (κ3) is 3.85. The minimum Gasteiger partial charge on any atom is -0.399 e. The number of nitrogens with zero attached hydrogens (tertiary/aromatic N) is 1. The Labute approximate surface area is 95.5 Å². The van der Waals surface area contributed by atoms with Crippen molar-refractivity contribution in [3.8, 4) is 6.07 Å². The Morgan fingerprint density at radius 2 is 2.20 bits per heavy atom. The molecular formula is C12H16N2S. The molecule has 0 amide bonds. The van der Waals surface area contributed by atoms with E-state index >= 15 is 0 Å². The maximum absolute atomic E-state index is 8.93. The van der Waals surface area contributed by atoms with Crippen LogP contribution in [-0.4, -0.2) is 5.75 Å². The van der Waals surface area contributed by atoms with Crippen LogP contribution in [0.2, 0.25) is 0 Å². The van der Waals surface area contributed by atoms with Crippen LogP contribution in [0.25, 0.3) is 0 Å². The molecule has 0 heterocycles. The van der Waals surface area contributed by atoms with Gasteiger partial charge in [-0.15, -0.1) is 11.8 Å². The van der Waals surface area contributed by atoms with Gasteiger partial charge < -0.3 is 5.73 Å². The van der Waals surface area contributed by atoms with Gasteiger partial charge >= 0.3 is 0 Å². The summed E-state index contributed by atoms with van der Waals surface area (Å²) in [4.78, 5) is 1.04. The highest BCUT2D eigenvalue weighted by Gasteiger charge is 2.02. The molecule has 2 N–H and O–H groups in total. The van der Waals surface area contributed by atoms with Gasteiger partial charge in [0.05, 0.1) is 5.56 Å². The van der Waals surface area contributed by atoms with E-state index in [0.717, 1.165) is 10.6 Å². The highest BCUT2D eigenvalue weighted by atomic mass is 32.2. The third-order valence-corrected chi connectivity index (χ3v) is 3.29. The molecule has 0 atom stereocenters. The molecule has 1 aromatic rings. The smallest absolute Gasteiger partial charge is 0.100 e. The second kappa shape index (κ2) is 6.36. The summed E-state index contributed by atoms with van der Waals surface area (Å²) in [6.07, 6.45) is 3.69. The zero-order valence-corrected chi connectivity index (χ0v) is 9.81. The summed E-state index contributed by atoms with van der Waals surface area (Å²) in [5.41, 5.74) is 6.97. The predicted molar refractivity (Wildman–Crippen MR) is 65.8 cm³/mol. The van der Waals surface area contributed by atoms with Crippen LogP contribution in [0.3, 0.4) is 0 Å². The van der Waals surface area contributed by atoms with E-state index in [1.807, 2.05) is 12.1 Å². The molecule has 1 aromatic carbocycles. The molecule has 80 valence electrons. The second-order valence-electron chi connectivity index (χ2n) is 3.42. The average molecular weight is 220 g/mol. The first-order valence-electron chi connectivity index (χ1n) is 5.20. The van der Waals surface area contributed by atoms with Gasteiger partial charge in [-0.3, -0.25) is 0 Å². The molecule has 0 aliphatic rings. The molecule has 2 nitrogen and oxygen atoms in total. The average Bonchev–Trinajstić information content (AvgIpc) is 2.26. The summed E-state index contributed by atoms with van der Waals surface area (Å²) in [5.74, 6) is 1.08. The van der Waals surface area contributed by atoms with Crippen molar-refractivity contribution in [2.75, 3.05) is 11.5 Å². The zero-order chi connectivity index (χ0) is 11.1. The first-order chi connectivity index (χ1) is 7.27. The van der Waals surface area contributed by atoms with E-state index < -0.39 is 0 Å². The maximum Gasteiger partial charge on any atom is 0.100 e. The van der Waals surface area contributed by atoms with E-state index in [0.29, 0.717) is 11.3 Å². The molecule has 0 unspecified atom stereocenters. The van der Waals surface area contributed by atoms with Crippen molar-refractivity contribution < 1.29 is 0 Å². The Kier molecular flexibility index (Phi) is 5.06.